The summed E-state index contributed by atoms with van der Waals surface area (Å²) in [5.74, 6) is -2.76. The van der Waals surface area contributed by atoms with E-state index in [9.17, 15) is 98.8 Å². The molecular formula is C85H72N18O22S7. The number of nitrogens with one attached hydrogen (secondary N) is 7. The number of nitro benzene ring substituents is 5. The number of nitro groups is 5. The number of carboxylic acids is 1. The molecule has 14 rings (SSSR count). The molecule has 3 aliphatic heterocycles. The average Bonchev–Trinajstić information content (AvgIpc) is 1.63. The van der Waals surface area contributed by atoms with E-state index in [-0.39, 0.29) is 111 Å². The first-order chi connectivity index (χ1) is 62.3. The van der Waals surface area contributed by atoms with Crippen LogP contribution in [0.25, 0.3) is 35.6 Å². The van der Waals surface area contributed by atoms with Gasteiger partial charge in [-0.1, -0.05) is 109 Å². The molecule has 1 aliphatic carbocycles. The lowest BCUT2D eigenvalue weighted by molar-refractivity contribution is -0.384. The van der Waals surface area contributed by atoms with Crippen LogP contribution in [0.15, 0.2) is 189 Å². The lowest BCUT2D eigenvalue weighted by atomic mass is 10.0. The van der Waals surface area contributed by atoms with Crippen molar-refractivity contribution >= 4 is 255 Å². The number of thiocarbonyl (C=S) groups is 3. The number of ketones is 1. The second kappa shape index (κ2) is 46.7. The van der Waals surface area contributed by atoms with Crippen LogP contribution in [0.2, 0.25) is 0 Å². The summed E-state index contributed by atoms with van der Waals surface area (Å²) in [6, 6.07) is 43.3. The summed E-state index contributed by atoms with van der Waals surface area (Å²) < 4.78 is 1.38. The SMILES string of the molecule is CC(=O)Nc1ccc(/C=C2\CC(=S)CC2=O)cc1[N+](=O)[O-].CC(=O)Nc1ccc(C(=O)O)cc1[N+](=O)[O-].CC(=O)Nc1ccc(C=O)cc1[N+](=O)[O-].CC(=O)Nc1ccc(CO)cc1[N+](=O)[O-].Cc1ccc(-c2cccc(C3=Nc4cc(=Cc5sc(=S)[nH]c5O)ccc4=N3)n2)cc1C.Nc1ccc(/C=C2\SC(=S)NC2=O)cc1N.Nc1ccc(/C=C2\SC(=S)NC2=O)cc1[N+](=O)[O-]. The van der Waals surface area contributed by atoms with Crippen LogP contribution in [0.3, 0.4) is 0 Å². The van der Waals surface area contributed by atoms with Gasteiger partial charge >= 0.3 is 5.97 Å². The number of aliphatic hydroxyl groups is 1. The largest absolute Gasteiger partial charge is 0.494 e. The summed E-state index contributed by atoms with van der Waals surface area (Å²) in [6.45, 7) is 8.93. The number of Topliss-reactive ketones (excluding diaryl/α,β-unsaturated/α-hetero) is 1. The van der Waals surface area contributed by atoms with Gasteiger partial charge in [0.2, 0.25) is 29.5 Å². The number of hydrogen-bond acceptors (Lipinski definition) is 34. The van der Waals surface area contributed by atoms with E-state index >= 15 is 0 Å². The summed E-state index contributed by atoms with van der Waals surface area (Å²) in [6.07, 6.45) is 7.93. The number of aromatic carboxylic acids is 1. The Morgan fingerprint density at radius 1 is 0.515 bits per heavy atom. The van der Waals surface area contributed by atoms with Gasteiger partial charge in [-0.25, -0.2) is 19.8 Å². The van der Waals surface area contributed by atoms with Crippen LogP contribution in [-0.4, -0.2) is 123 Å². The van der Waals surface area contributed by atoms with Crippen molar-refractivity contribution in [2.75, 3.05) is 38.5 Å². The molecule has 6 amide bonds. The van der Waals surface area contributed by atoms with Gasteiger partial charge in [-0.15, -0.1) is 11.3 Å². The third-order valence-corrected chi connectivity index (χ3v) is 21.4. The molecule has 47 heteroatoms. The molecule has 0 spiro atoms. The Kier molecular flexibility index (Phi) is 35.9. The van der Waals surface area contributed by atoms with Gasteiger partial charge in [-0.05, 0) is 174 Å². The molecule has 16 N–H and O–H groups in total. The number of aliphatic imine (C=N–C) groups is 1. The number of fused-ring (bicyclic) bond motifs is 1. The fourth-order valence-electron chi connectivity index (χ4n) is 11.4. The number of H-pyrrole nitrogens is 1. The van der Waals surface area contributed by atoms with Crippen LogP contribution in [0, 0.1) is 68.4 Å². The maximum atomic E-state index is 11.7. The van der Waals surface area contributed by atoms with Crippen molar-refractivity contribution in [3.8, 4) is 17.1 Å². The molecule has 4 aliphatic rings. The fraction of sp³-hybridized carbons (Fsp3) is 0.106. The maximum Gasteiger partial charge on any atom is 0.335 e. The number of carbonyl (C=O) groups is 9. The van der Waals surface area contributed by atoms with Crippen molar-refractivity contribution in [1.82, 2.24) is 20.6 Å². The number of amidine groups is 1. The van der Waals surface area contributed by atoms with E-state index in [4.69, 9.17) is 86.3 Å². The number of benzene rings is 8. The quantitative estimate of drug-likeness (QED) is 0.00947. The average molecular weight is 1920 g/mol. The highest BCUT2D eigenvalue weighted by molar-refractivity contribution is 8.27. The van der Waals surface area contributed by atoms with Crippen molar-refractivity contribution in [1.29, 1.82) is 0 Å². The molecular weight excluding hydrogens is 1850 g/mol. The fourth-order valence-corrected chi connectivity index (χ4v) is 14.8. The number of allylic oxidation sites excluding steroid dienone is 1. The van der Waals surface area contributed by atoms with E-state index in [1.807, 2.05) is 42.5 Å². The molecule has 0 unspecified atom stereocenters. The summed E-state index contributed by atoms with van der Waals surface area (Å²) in [4.78, 5) is 169. The highest BCUT2D eigenvalue weighted by Crippen LogP contribution is 2.35. The number of amides is 6. The Bertz CT molecular complexity index is 6810. The molecule has 676 valence electrons. The van der Waals surface area contributed by atoms with E-state index in [0.29, 0.717) is 84.3 Å². The Labute approximate surface area is 779 Å². The number of carbonyl (C=O) groups excluding carboxylic acids is 8. The third kappa shape index (κ3) is 29.6. The minimum Gasteiger partial charge on any atom is -0.494 e. The highest BCUT2D eigenvalue weighted by Gasteiger charge is 2.27. The van der Waals surface area contributed by atoms with Gasteiger partial charge in [0.15, 0.2) is 15.6 Å². The predicted octanol–water partition coefficient (Wildman–Crippen LogP) is 14.1. The smallest absolute Gasteiger partial charge is 0.335 e. The lowest BCUT2D eigenvalue weighted by Crippen LogP contribution is -2.17. The summed E-state index contributed by atoms with van der Waals surface area (Å²) in [7, 11) is 0. The van der Waals surface area contributed by atoms with Crippen LogP contribution in [-0.2, 0) is 40.2 Å². The number of aryl methyl sites for hydroxylation is 2. The van der Waals surface area contributed by atoms with Crippen molar-refractivity contribution in [3.05, 3.63) is 299 Å². The Morgan fingerprint density at radius 3 is 1.46 bits per heavy atom. The van der Waals surface area contributed by atoms with Gasteiger partial charge in [0.25, 0.3) is 40.3 Å². The number of nitrogens with zero attached hydrogens (tertiary/aromatic N) is 8. The molecule has 1 saturated carbocycles. The van der Waals surface area contributed by atoms with Crippen molar-refractivity contribution < 1.29 is 83.1 Å². The molecule has 40 nitrogen and oxygen atoms in total. The van der Waals surface area contributed by atoms with E-state index in [1.165, 1.54) is 135 Å². The van der Waals surface area contributed by atoms with Gasteiger partial charge in [0.05, 0.1) is 79.6 Å². The number of aromatic hydroxyl groups is 1. The van der Waals surface area contributed by atoms with Gasteiger partial charge in [0.1, 0.15) is 49.1 Å². The number of aromatic nitrogens is 2. The van der Waals surface area contributed by atoms with Crippen LogP contribution in [0.5, 0.6) is 5.88 Å². The van der Waals surface area contributed by atoms with Crippen LogP contribution in [0.4, 0.5) is 73.9 Å². The number of aldehydes is 1. The van der Waals surface area contributed by atoms with E-state index < -0.39 is 48.1 Å². The standard InChI is InChI=1S/C24H18N4OS2.C14H12N2O4S.C10H7N3O3S2.C10H9N3OS2.C9H8N2O5.C9H10N2O4.C9H8N2O4/c1-13-6-8-16(10-14(13)2)17-4-3-5-19(25-17)22-26-18-9-7-15(11-20(18)27-22)12-21-23(29)28-24(30)31-21;1-8(17)15-12-3-2-9(5-13(12)16(19)20)4-10-6-11(21)7-14(10)18;11-6-2-1-5(3-7(6)13(15)16)4-8-9(14)12-10(17)18-8;11-6-2-1-5(3-7(6)12)4-8-9(14)13-10(15)16-8;1-5(12)10-7-3-2-6(9(13)14)4-8(7)11(15)16;2*1-6(13)10-8-3-2-7(5-12)4-9(8)11(14)15/h3-12,29H,1-2H3,(H,28,30);2-5H,6-7H2,1H3,(H,15,17);1-4H,11H2,(H,12,14,17);1-4H,11-12H2,(H,13,14,15);2-4H,1H3,(H,10,12)(H,13,14);2-4,12H,5H2,1H3,(H,10,13);2-5H,1H3,(H,10,13)/b;10-4+;2*8-4-;;;. The minimum atomic E-state index is -1.27. The number of rotatable bonds is 18. The molecule has 8 aromatic carbocycles. The Hall–Kier alpha value is -15.9. The number of hydrogen-bond donors (Lipinski definition) is 13. The summed E-state index contributed by atoms with van der Waals surface area (Å²) in [5.41, 5.74) is 25.6. The number of aliphatic hydroxyl groups excluding tert-OH is 1. The van der Waals surface area contributed by atoms with E-state index in [1.54, 1.807) is 42.5 Å². The first-order valence-corrected chi connectivity index (χ1v) is 41.7. The monoisotopic (exact) mass is 1920 g/mol. The summed E-state index contributed by atoms with van der Waals surface area (Å²) in [5, 5.41) is 97.1. The minimum absolute atomic E-state index is 0.0255. The molecule has 132 heavy (non-hydrogen) atoms. The van der Waals surface area contributed by atoms with Gasteiger partial charge in [-0.3, -0.25) is 88.9 Å². The van der Waals surface area contributed by atoms with Crippen molar-refractivity contribution in [3.63, 3.8) is 0 Å². The maximum absolute atomic E-state index is 11.7. The molecule has 5 heterocycles. The van der Waals surface area contributed by atoms with E-state index in [0.717, 1.165) is 62.7 Å². The summed E-state index contributed by atoms with van der Waals surface area (Å²) >= 11 is 23.5. The molecule has 0 bridgehead atoms. The number of anilines is 7. The molecule has 2 saturated heterocycles. The zero-order valence-corrected chi connectivity index (χ0v) is 75.1. The second-order valence-electron chi connectivity index (χ2n) is 27.5. The predicted molar refractivity (Wildman–Crippen MR) is 515 cm³/mol. The zero-order chi connectivity index (χ0) is 97.2. The first kappa shape index (κ1) is 101. The lowest BCUT2D eigenvalue weighted by Gasteiger charge is -2.06. The number of nitrogens with two attached hydrogens (primary N) is 3. The Balaban J connectivity index is 0.000000193. The number of nitrogen functional groups attached to an aromatic ring is 3. The van der Waals surface area contributed by atoms with Crippen LogP contribution < -0.4 is 59.7 Å². The highest BCUT2D eigenvalue weighted by atomic mass is 32.2. The number of aromatic amines is 1. The molecule has 0 atom stereocenters. The van der Waals surface area contributed by atoms with Crippen molar-refractivity contribution in [2.24, 2.45) is 9.98 Å². The molecule has 0 radical (unpaired) electrons. The second-order valence-corrected chi connectivity index (χ2v) is 33.2. The number of thiazole rings is 1. The molecule has 3 fully saturated rings. The van der Waals surface area contributed by atoms with Gasteiger partial charge in [-0.2, -0.15) is 0 Å². The van der Waals surface area contributed by atoms with E-state index in [2.05, 4.69) is 73.9 Å². The molecule has 10 aromatic rings. The van der Waals surface area contributed by atoms with Crippen molar-refractivity contribution in [2.45, 2.75) is 61.0 Å². The zero-order valence-electron chi connectivity index (χ0n) is 69.4. The molecule has 2 aromatic heterocycles. The van der Waals surface area contributed by atoms with Crippen LogP contribution in [0.1, 0.15) is 105 Å². The number of carboxylic acid groups (broad SMARTS) is 1. The first-order valence-electron chi connectivity index (χ1n) is 37.6. The Morgan fingerprint density at radius 2 is 0.992 bits per heavy atom. The van der Waals surface area contributed by atoms with Gasteiger partial charge in [0, 0.05) is 92.4 Å². The topological polar surface area (TPSA) is 634 Å². The third-order valence-electron chi connectivity index (χ3n) is 17.6. The number of pyridine rings is 1. The number of thioether (sulfide) groups is 2. The van der Waals surface area contributed by atoms with Crippen LogP contribution >= 0.6 is 83.7 Å². The normalized spacial score (nSPS) is 13.5. The van der Waals surface area contributed by atoms with Gasteiger partial charge < -0.3 is 69.4 Å².